The van der Waals surface area contributed by atoms with Crippen LogP contribution in [0.2, 0.25) is 0 Å². The van der Waals surface area contributed by atoms with Gasteiger partial charge in [0.15, 0.2) is 0 Å². The monoisotopic (exact) mass is 978 g/mol. The number of alkyl halides is 26. The molecule has 0 spiro atoms. The smallest absolute Gasteiger partial charge is 0.460 e. The summed E-state index contributed by atoms with van der Waals surface area (Å²) in [6, 6.07) is 0. The van der Waals surface area contributed by atoms with Crippen LogP contribution in [0.25, 0.3) is 0 Å². The van der Waals surface area contributed by atoms with Crippen LogP contribution in [0.5, 0.6) is 0 Å². The largest absolute Gasteiger partial charge is 0.462 e. The Balaban J connectivity index is 6.89. The number of halogens is 26. The topological polar surface area (TPSA) is 97.4 Å². The standard InChI is InChI=1S/C28H20F26O8/c1-4-12(55)59-8-16(9-60-13(56)5-2,10-61-14(57)6-3)7-58-11-17(30,31)28(53,54)62-15(29)18(32,33)19(34,35)20(36,37)21(38,39)22(40,41)23(42,43)24(44,45)25(46,47)26(48,49)27(50,51)52/h4-6,15H,1-3,7-11H2. The minimum atomic E-state index is -9.69. The van der Waals surface area contributed by atoms with Crippen molar-refractivity contribution >= 4 is 17.9 Å². The van der Waals surface area contributed by atoms with Gasteiger partial charge in [0, 0.05) is 18.2 Å². The van der Waals surface area contributed by atoms with Crippen molar-refractivity contribution in [1.82, 2.24) is 0 Å². The van der Waals surface area contributed by atoms with E-state index in [1.165, 1.54) is 0 Å². The van der Waals surface area contributed by atoms with Crippen LogP contribution in [0.1, 0.15) is 0 Å². The second-order valence-corrected chi connectivity index (χ2v) is 11.8. The third kappa shape index (κ3) is 10.1. The molecule has 0 saturated heterocycles. The van der Waals surface area contributed by atoms with E-state index in [9.17, 15) is 129 Å². The Labute approximate surface area is 325 Å². The van der Waals surface area contributed by atoms with Gasteiger partial charge in [0.05, 0.1) is 12.0 Å². The van der Waals surface area contributed by atoms with Gasteiger partial charge in [-0.25, -0.2) is 18.8 Å². The molecule has 0 aromatic rings. The van der Waals surface area contributed by atoms with Crippen molar-refractivity contribution in [3.05, 3.63) is 38.0 Å². The number of ether oxygens (including phenoxy) is 5. The molecule has 0 saturated carbocycles. The fourth-order valence-corrected chi connectivity index (χ4v) is 3.58. The van der Waals surface area contributed by atoms with Crippen LogP contribution in [0.15, 0.2) is 38.0 Å². The molecule has 1 unspecified atom stereocenters. The Kier molecular flexibility index (Phi) is 16.8. The van der Waals surface area contributed by atoms with Crippen molar-refractivity contribution in [2.45, 2.75) is 77.9 Å². The Morgan fingerprint density at radius 2 is 0.694 bits per heavy atom. The van der Waals surface area contributed by atoms with Crippen molar-refractivity contribution in [3.63, 3.8) is 0 Å². The van der Waals surface area contributed by atoms with E-state index in [0.717, 1.165) is 0 Å². The molecule has 0 N–H and O–H groups in total. The predicted octanol–water partition coefficient (Wildman–Crippen LogP) is 9.00. The molecule has 8 nitrogen and oxygen atoms in total. The van der Waals surface area contributed by atoms with Gasteiger partial charge in [-0.3, -0.25) is 4.74 Å². The summed E-state index contributed by atoms with van der Waals surface area (Å²) in [6.07, 6.45) is -21.1. The summed E-state index contributed by atoms with van der Waals surface area (Å²) in [5, 5.41) is 0. The zero-order valence-corrected chi connectivity index (χ0v) is 29.1. The summed E-state index contributed by atoms with van der Waals surface area (Å²) < 4.78 is 375. The number of esters is 3. The summed E-state index contributed by atoms with van der Waals surface area (Å²) in [7, 11) is 0. The first-order chi connectivity index (χ1) is 27.2. The van der Waals surface area contributed by atoms with Gasteiger partial charge in [-0.05, 0) is 0 Å². The van der Waals surface area contributed by atoms with Gasteiger partial charge in [-0.2, -0.15) is 110 Å². The SMILES string of the molecule is C=CC(=O)OCC(COCC(F)(F)C(F)(F)OC(F)C(F)(F)C(F)(F)C(F)(F)C(F)(F)C(F)(F)C(F)(F)C(F)(F)C(F)(F)C(F)(F)C(F)(F)F)(COC(=O)C=C)COC(=O)C=C. The second-order valence-electron chi connectivity index (χ2n) is 11.8. The first-order valence-electron chi connectivity index (χ1n) is 14.7. The third-order valence-corrected chi connectivity index (χ3v) is 7.25. The van der Waals surface area contributed by atoms with E-state index in [1.54, 1.807) is 0 Å². The Morgan fingerprint density at radius 1 is 0.419 bits per heavy atom. The number of hydrogen-bond donors (Lipinski definition) is 0. The van der Waals surface area contributed by atoms with Gasteiger partial charge in [0.25, 0.3) is 6.36 Å². The van der Waals surface area contributed by atoms with Gasteiger partial charge in [0.2, 0.25) is 0 Å². The molecule has 0 radical (unpaired) electrons. The minimum absolute atomic E-state index is 0.389. The molecule has 0 rings (SSSR count). The van der Waals surface area contributed by atoms with E-state index < -0.39 is 134 Å². The Bertz CT molecular complexity index is 1580. The highest BCUT2D eigenvalue weighted by Gasteiger charge is 2.98. The molecule has 1 atom stereocenters. The highest BCUT2D eigenvalue weighted by atomic mass is 19.4. The van der Waals surface area contributed by atoms with Crippen LogP contribution in [0, 0.1) is 5.41 Å². The number of carbonyl (C=O) groups excluding carboxylic acids is 3. The van der Waals surface area contributed by atoms with E-state index in [-0.39, 0.29) is 0 Å². The van der Waals surface area contributed by atoms with Crippen LogP contribution in [0.4, 0.5) is 114 Å². The number of hydrogen-bond acceptors (Lipinski definition) is 8. The van der Waals surface area contributed by atoms with Crippen LogP contribution >= 0.6 is 0 Å². The second kappa shape index (κ2) is 18.1. The molecule has 0 aromatic heterocycles. The fraction of sp³-hybridized carbons (Fsp3) is 0.679. The average Bonchev–Trinajstić information content (AvgIpc) is 3.12. The van der Waals surface area contributed by atoms with Crippen LogP contribution in [0.3, 0.4) is 0 Å². The van der Waals surface area contributed by atoms with Crippen LogP contribution < -0.4 is 0 Å². The highest BCUT2D eigenvalue weighted by Crippen LogP contribution is 2.66. The van der Waals surface area contributed by atoms with Crippen molar-refractivity contribution in [1.29, 1.82) is 0 Å². The molecule has 0 fully saturated rings. The fourth-order valence-electron chi connectivity index (χ4n) is 3.58. The maximum absolute atomic E-state index is 14.4. The average molecular weight is 978 g/mol. The number of carbonyl (C=O) groups is 3. The predicted molar refractivity (Wildman–Crippen MR) is 143 cm³/mol. The summed E-state index contributed by atoms with van der Waals surface area (Å²) in [6.45, 7) is -0.185. The van der Waals surface area contributed by atoms with Gasteiger partial charge < -0.3 is 18.9 Å². The van der Waals surface area contributed by atoms with Gasteiger partial charge in [0.1, 0.15) is 26.4 Å². The lowest BCUT2D eigenvalue weighted by molar-refractivity contribution is -0.481. The molecule has 62 heavy (non-hydrogen) atoms. The molecular weight excluding hydrogens is 958 g/mol. The summed E-state index contributed by atoms with van der Waals surface area (Å²) in [4.78, 5) is 34.6. The molecule has 0 aromatic carbocycles. The highest BCUT2D eigenvalue weighted by molar-refractivity contribution is 5.82. The van der Waals surface area contributed by atoms with Crippen LogP contribution in [-0.4, -0.2) is 129 Å². The van der Waals surface area contributed by atoms with Crippen molar-refractivity contribution in [2.24, 2.45) is 5.41 Å². The van der Waals surface area contributed by atoms with Crippen molar-refractivity contribution < 1.29 is 152 Å². The molecule has 0 heterocycles. The van der Waals surface area contributed by atoms with E-state index in [1.807, 2.05) is 4.74 Å². The molecule has 0 aliphatic heterocycles. The first-order valence-corrected chi connectivity index (χ1v) is 14.7. The molecule has 34 heteroatoms. The summed E-state index contributed by atoms with van der Waals surface area (Å²) in [5.74, 6) is -94.4. The Hall–Kier alpha value is -4.27. The maximum atomic E-state index is 14.4. The maximum Gasteiger partial charge on any atom is 0.460 e. The minimum Gasteiger partial charge on any atom is -0.462 e. The zero-order valence-electron chi connectivity index (χ0n) is 29.1. The molecule has 0 bridgehead atoms. The lowest BCUT2D eigenvalue weighted by Crippen LogP contribution is -2.77. The van der Waals surface area contributed by atoms with Gasteiger partial charge >= 0.3 is 89.4 Å². The van der Waals surface area contributed by atoms with E-state index in [4.69, 9.17) is 0 Å². The van der Waals surface area contributed by atoms with Crippen LogP contribution in [-0.2, 0) is 38.1 Å². The van der Waals surface area contributed by atoms with E-state index in [0.29, 0.717) is 18.2 Å². The number of rotatable bonds is 25. The van der Waals surface area contributed by atoms with E-state index >= 15 is 0 Å². The molecule has 0 aliphatic carbocycles. The van der Waals surface area contributed by atoms with Gasteiger partial charge in [-0.1, -0.05) is 19.7 Å². The lowest BCUT2D eigenvalue weighted by Gasteiger charge is -2.44. The zero-order chi connectivity index (χ0) is 50.0. The summed E-state index contributed by atoms with van der Waals surface area (Å²) >= 11 is 0. The van der Waals surface area contributed by atoms with Crippen molar-refractivity contribution in [2.75, 3.05) is 33.0 Å². The van der Waals surface area contributed by atoms with Gasteiger partial charge in [-0.15, -0.1) is 0 Å². The quantitative estimate of drug-likeness (QED) is 0.0388. The molecule has 362 valence electrons. The first kappa shape index (κ1) is 57.7. The third-order valence-electron chi connectivity index (χ3n) is 7.25. The molecule has 0 amide bonds. The molecule has 0 aliphatic rings. The van der Waals surface area contributed by atoms with Crippen molar-refractivity contribution in [3.8, 4) is 0 Å². The van der Waals surface area contributed by atoms with E-state index in [2.05, 4.69) is 38.7 Å². The lowest BCUT2D eigenvalue weighted by atomic mass is 9.86. The normalized spacial score (nSPS) is 15.4. The Morgan fingerprint density at radius 3 is 0.968 bits per heavy atom. The summed E-state index contributed by atoms with van der Waals surface area (Å²) in [5.41, 5.74) is -2.55. The molecular formula is C28H20F26O8.